The van der Waals surface area contributed by atoms with Gasteiger partial charge in [0.05, 0.1) is 5.56 Å². The smallest absolute Gasteiger partial charge is 0.339 e. The van der Waals surface area contributed by atoms with Gasteiger partial charge in [0.15, 0.2) is 18.2 Å². The molecule has 154 valence electrons. The topological polar surface area (TPSA) is 80.8 Å². The summed E-state index contributed by atoms with van der Waals surface area (Å²) >= 11 is 0. The van der Waals surface area contributed by atoms with E-state index in [0.29, 0.717) is 18.7 Å². The fourth-order valence-corrected chi connectivity index (χ4v) is 4.11. The minimum absolute atomic E-state index is 0.0146. The molecule has 6 nitrogen and oxygen atoms in total. The van der Waals surface area contributed by atoms with Crippen molar-refractivity contribution in [2.75, 3.05) is 19.7 Å². The van der Waals surface area contributed by atoms with E-state index >= 15 is 0 Å². The number of hydrogen-bond acceptors (Lipinski definition) is 5. The highest BCUT2D eigenvalue weighted by Crippen LogP contribution is 2.29. The van der Waals surface area contributed by atoms with E-state index < -0.39 is 5.97 Å². The van der Waals surface area contributed by atoms with Gasteiger partial charge in [-0.25, -0.2) is 4.79 Å². The summed E-state index contributed by atoms with van der Waals surface area (Å²) in [5.41, 5.74) is 0.841. The fraction of sp³-hybridized carbons (Fsp3) is 0.333. The lowest BCUT2D eigenvalue weighted by Crippen LogP contribution is -2.37. The number of carbonyl (C=O) groups excluding carboxylic acids is 4. The minimum Gasteiger partial charge on any atom is -0.452 e. The number of fused-ring (bicyclic) bond motifs is 2. The second kappa shape index (κ2) is 8.61. The summed E-state index contributed by atoms with van der Waals surface area (Å²) in [7, 11) is 0. The van der Waals surface area contributed by atoms with Crippen LogP contribution in [0.5, 0.6) is 0 Å². The second-order valence-electron chi connectivity index (χ2n) is 7.66. The molecule has 1 fully saturated rings. The maximum atomic E-state index is 13.0. The van der Waals surface area contributed by atoms with Crippen LogP contribution in [0.4, 0.5) is 0 Å². The first-order valence-electron chi connectivity index (χ1n) is 10.3. The highest BCUT2D eigenvalue weighted by molar-refractivity contribution is 6.30. The number of ketones is 2. The first kappa shape index (κ1) is 20.0. The molecule has 0 aromatic heterocycles. The highest BCUT2D eigenvalue weighted by atomic mass is 16.5. The van der Waals surface area contributed by atoms with E-state index in [9.17, 15) is 19.2 Å². The Morgan fingerprint density at radius 1 is 0.767 bits per heavy atom. The predicted octanol–water partition coefficient (Wildman–Crippen LogP) is 3.41. The number of hydrogen-bond donors (Lipinski definition) is 0. The molecular weight excluding hydrogens is 382 g/mol. The van der Waals surface area contributed by atoms with Gasteiger partial charge < -0.3 is 9.64 Å². The van der Waals surface area contributed by atoms with Crippen molar-refractivity contribution >= 4 is 23.4 Å². The third-order valence-electron chi connectivity index (χ3n) is 5.71. The number of benzene rings is 2. The van der Waals surface area contributed by atoms with Crippen molar-refractivity contribution in [2.24, 2.45) is 0 Å². The molecule has 0 saturated carbocycles. The van der Waals surface area contributed by atoms with Crippen molar-refractivity contribution in [3.05, 3.63) is 70.3 Å². The predicted molar refractivity (Wildman–Crippen MR) is 110 cm³/mol. The second-order valence-corrected chi connectivity index (χ2v) is 7.66. The molecule has 1 aliphatic heterocycles. The van der Waals surface area contributed by atoms with Crippen molar-refractivity contribution in [3.8, 4) is 0 Å². The molecule has 0 spiro atoms. The van der Waals surface area contributed by atoms with E-state index in [-0.39, 0.29) is 46.3 Å². The summed E-state index contributed by atoms with van der Waals surface area (Å²) in [6.45, 7) is 0.961. The van der Waals surface area contributed by atoms with Crippen LogP contribution in [0.3, 0.4) is 0 Å². The summed E-state index contributed by atoms with van der Waals surface area (Å²) in [4.78, 5) is 52.8. The third kappa shape index (κ3) is 3.77. The van der Waals surface area contributed by atoms with E-state index in [2.05, 4.69) is 0 Å². The molecule has 0 unspecified atom stereocenters. The lowest BCUT2D eigenvalue weighted by molar-refractivity contribution is -0.134. The molecule has 2 aromatic rings. The van der Waals surface area contributed by atoms with Crippen molar-refractivity contribution in [2.45, 2.75) is 32.1 Å². The SMILES string of the molecule is O=C(OCC(=O)N1CCCCCCC1)c1cccc2c1C(=O)c1ccccc1C2=O. The number of ether oxygens (including phenoxy) is 1. The molecular formula is C24H23NO5. The van der Waals surface area contributed by atoms with Gasteiger partial charge in [-0.15, -0.1) is 0 Å². The summed E-state index contributed by atoms with van der Waals surface area (Å²) in [6, 6.07) is 11.1. The molecule has 1 aliphatic carbocycles. The summed E-state index contributed by atoms with van der Waals surface area (Å²) in [5.74, 6) is -1.69. The molecule has 0 atom stereocenters. The Bertz CT molecular complexity index is 1020. The highest BCUT2D eigenvalue weighted by Gasteiger charge is 2.33. The average Bonchev–Trinajstić information content (AvgIpc) is 2.75. The zero-order valence-electron chi connectivity index (χ0n) is 16.7. The number of rotatable bonds is 3. The Hall–Kier alpha value is -3.28. The van der Waals surface area contributed by atoms with Crippen LogP contribution in [0.25, 0.3) is 0 Å². The summed E-state index contributed by atoms with van der Waals surface area (Å²) < 4.78 is 5.26. The van der Waals surface area contributed by atoms with Gasteiger partial charge in [-0.2, -0.15) is 0 Å². The number of esters is 1. The van der Waals surface area contributed by atoms with Gasteiger partial charge in [0.25, 0.3) is 5.91 Å². The molecule has 1 amide bonds. The number of carbonyl (C=O) groups is 4. The fourth-order valence-electron chi connectivity index (χ4n) is 4.11. The van der Waals surface area contributed by atoms with E-state index in [0.717, 1.165) is 25.7 Å². The standard InChI is InChI=1S/C24H23NO5/c26-20(25-13-6-2-1-3-7-14-25)15-30-24(29)19-12-8-11-18-21(19)23(28)17-10-5-4-9-16(17)22(18)27/h4-5,8-12H,1-3,6-7,13-15H2. The molecule has 30 heavy (non-hydrogen) atoms. The summed E-state index contributed by atoms with van der Waals surface area (Å²) in [5, 5.41) is 0. The van der Waals surface area contributed by atoms with Crippen LogP contribution in [-0.4, -0.2) is 48.0 Å². The van der Waals surface area contributed by atoms with Gasteiger partial charge in [-0.05, 0) is 18.9 Å². The lowest BCUT2D eigenvalue weighted by Gasteiger charge is -2.24. The van der Waals surface area contributed by atoms with Crippen LogP contribution in [0, 0.1) is 0 Å². The quantitative estimate of drug-likeness (QED) is 0.624. The Morgan fingerprint density at radius 2 is 1.37 bits per heavy atom. The van der Waals surface area contributed by atoms with Crippen LogP contribution in [-0.2, 0) is 9.53 Å². The van der Waals surface area contributed by atoms with Crippen molar-refractivity contribution in [1.29, 1.82) is 0 Å². The van der Waals surface area contributed by atoms with Crippen molar-refractivity contribution in [1.82, 2.24) is 4.90 Å². The van der Waals surface area contributed by atoms with Gasteiger partial charge in [-0.1, -0.05) is 55.7 Å². The van der Waals surface area contributed by atoms with E-state index in [4.69, 9.17) is 4.74 Å². The third-order valence-corrected chi connectivity index (χ3v) is 5.71. The van der Waals surface area contributed by atoms with Crippen molar-refractivity contribution < 1.29 is 23.9 Å². The largest absolute Gasteiger partial charge is 0.452 e. The molecule has 1 saturated heterocycles. The van der Waals surface area contributed by atoms with Crippen LogP contribution in [0.2, 0.25) is 0 Å². The summed E-state index contributed by atoms with van der Waals surface area (Å²) in [6.07, 6.45) is 5.27. The van der Waals surface area contributed by atoms with Crippen molar-refractivity contribution in [3.63, 3.8) is 0 Å². The Balaban J connectivity index is 1.52. The van der Waals surface area contributed by atoms with Crippen LogP contribution < -0.4 is 0 Å². The monoisotopic (exact) mass is 405 g/mol. The van der Waals surface area contributed by atoms with E-state index in [1.54, 1.807) is 35.2 Å². The number of likely N-dealkylation sites (tertiary alicyclic amines) is 1. The van der Waals surface area contributed by atoms with Gasteiger partial charge in [0.2, 0.25) is 0 Å². The minimum atomic E-state index is -0.771. The maximum Gasteiger partial charge on any atom is 0.339 e. The molecule has 2 aliphatic rings. The molecule has 4 rings (SSSR count). The first-order valence-corrected chi connectivity index (χ1v) is 10.3. The van der Waals surface area contributed by atoms with Gasteiger partial charge >= 0.3 is 5.97 Å². The van der Waals surface area contributed by atoms with Crippen LogP contribution in [0.1, 0.15) is 74.3 Å². The molecule has 0 radical (unpaired) electrons. The van der Waals surface area contributed by atoms with E-state index in [1.165, 1.54) is 18.6 Å². The normalized spacial score (nSPS) is 16.2. The Morgan fingerprint density at radius 3 is 2.07 bits per heavy atom. The molecule has 6 heteroatoms. The number of amides is 1. The molecule has 1 heterocycles. The molecule has 0 bridgehead atoms. The van der Waals surface area contributed by atoms with Gasteiger partial charge in [0.1, 0.15) is 0 Å². The first-order chi connectivity index (χ1) is 14.6. The zero-order valence-corrected chi connectivity index (χ0v) is 16.7. The van der Waals surface area contributed by atoms with Gasteiger partial charge in [-0.3, -0.25) is 14.4 Å². The van der Waals surface area contributed by atoms with Gasteiger partial charge in [0, 0.05) is 35.3 Å². The molecule has 2 aromatic carbocycles. The Kier molecular flexibility index (Phi) is 5.74. The Labute approximate surface area is 174 Å². The number of nitrogens with zero attached hydrogens (tertiary/aromatic N) is 1. The van der Waals surface area contributed by atoms with Crippen LogP contribution in [0.15, 0.2) is 42.5 Å². The average molecular weight is 405 g/mol. The zero-order chi connectivity index (χ0) is 21.1. The van der Waals surface area contributed by atoms with E-state index in [1.807, 2.05) is 0 Å². The molecule has 0 N–H and O–H groups in total. The lowest BCUT2D eigenvalue weighted by atomic mass is 9.82. The van der Waals surface area contributed by atoms with Crippen LogP contribution >= 0.6 is 0 Å². The maximum absolute atomic E-state index is 13.0.